The molecule has 2 rings (SSSR count). The zero-order valence-electron chi connectivity index (χ0n) is 16.7. The number of ketones is 1. The van der Waals surface area contributed by atoms with E-state index in [1.807, 2.05) is 0 Å². The van der Waals surface area contributed by atoms with E-state index in [4.69, 9.17) is 5.11 Å². The second kappa shape index (κ2) is 10.8. The van der Waals surface area contributed by atoms with E-state index in [0.29, 0.717) is 19.4 Å². The van der Waals surface area contributed by atoms with Gasteiger partial charge in [-0.1, -0.05) is 25.7 Å². The highest BCUT2D eigenvalue weighted by molar-refractivity contribution is 6.38. The first-order chi connectivity index (χ1) is 13.8. The Morgan fingerprint density at radius 3 is 2.31 bits per heavy atom. The van der Waals surface area contributed by atoms with Gasteiger partial charge in [0.1, 0.15) is 6.04 Å². The van der Waals surface area contributed by atoms with E-state index in [1.165, 1.54) is 0 Å². The van der Waals surface area contributed by atoms with Gasteiger partial charge in [-0.05, 0) is 32.1 Å². The molecule has 0 spiro atoms. The first-order valence-electron chi connectivity index (χ1n) is 10.2. The van der Waals surface area contributed by atoms with E-state index < -0.39 is 41.7 Å². The van der Waals surface area contributed by atoms with Crippen LogP contribution in [0.3, 0.4) is 0 Å². The maximum absolute atomic E-state index is 12.8. The maximum Gasteiger partial charge on any atom is 0.405 e. The predicted octanol–water partition coefficient (Wildman–Crippen LogP) is -0.0809. The number of hydrogen-bond acceptors (Lipinski definition) is 5. The highest BCUT2D eigenvalue weighted by atomic mass is 16.4. The maximum atomic E-state index is 12.8. The second-order valence-electron chi connectivity index (χ2n) is 7.69. The Labute approximate surface area is 169 Å². The Hall–Kier alpha value is -2.65. The van der Waals surface area contributed by atoms with Crippen molar-refractivity contribution in [2.75, 3.05) is 13.1 Å². The topological polar surface area (TPSA) is 154 Å². The molecule has 29 heavy (non-hydrogen) atoms. The van der Waals surface area contributed by atoms with Crippen LogP contribution in [0.25, 0.3) is 0 Å². The van der Waals surface area contributed by atoms with Crippen molar-refractivity contribution in [1.82, 2.24) is 21.3 Å². The molecule has 4 amide bonds. The lowest BCUT2D eigenvalue weighted by Gasteiger charge is -2.24. The smallest absolute Gasteiger partial charge is 0.405 e. The van der Waals surface area contributed by atoms with Crippen LogP contribution in [0.2, 0.25) is 0 Å². The third-order valence-corrected chi connectivity index (χ3v) is 5.54. The number of carbonyl (C=O) groups excluding carboxylic acids is 4. The fourth-order valence-electron chi connectivity index (χ4n) is 4.02. The van der Waals surface area contributed by atoms with Crippen LogP contribution in [0.4, 0.5) is 4.79 Å². The molecule has 10 nitrogen and oxygen atoms in total. The minimum Gasteiger partial charge on any atom is -0.465 e. The number of rotatable bonds is 10. The van der Waals surface area contributed by atoms with Crippen molar-refractivity contribution in [3.63, 3.8) is 0 Å². The Morgan fingerprint density at radius 1 is 1.07 bits per heavy atom. The van der Waals surface area contributed by atoms with Crippen LogP contribution in [0.1, 0.15) is 51.9 Å². The number of Topliss-reactive ketones (excluding diaryl/α,β-unsaturated/α-hetero) is 1. The molecule has 5 N–H and O–H groups in total. The summed E-state index contributed by atoms with van der Waals surface area (Å²) in [7, 11) is 0. The predicted molar refractivity (Wildman–Crippen MR) is 103 cm³/mol. The van der Waals surface area contributed by atoms with E-state index in [2.05, 4.69) is 21.3 Å². The van der Waals surface area contributed by atoms with Gasteiger partial charge in [0.25, 0.3) is 5.91 Å². The van der Waals surface area contributed by atoms with Gasteiger partial charge in [-0.15, -0.1) is 0 Å². The van der Waals surface area contributed by atoms with Crippen LogP contribution >= 0.6 is 0 Å². The van der Waals surface area contributed by atoms with Crippen LogP contribution in [0, 0.1) is 11.8 Å². The molecule has 1 saturated heterocycles. The van der Waals surface area contributed by atoms with E-state index in [0.717, 1.165) is 25.7 Å². The minimum absolute atomic E-state index is 0.00321. The van der Waals surface area contributed by atoms with Gasteiger partial charge in [0, 0.05) is 19.0 Å². The minimum atomic E-state index is -1.33. The molecule has 1 heterocycles. The van der Waals surface area contributed by atoms with Crippen LogP contribution < -0.4 is 21.3 Å². The van der Waals surface area contributed by atoms with E-state index >= 15 is 0 Å². The van der Waals surface area contributed by atoms with Gasteiger partial charge in [-0.3, -0.25) is 19.2 Å². The SMILES string of the molecule is CCNC(=O)C(=O)[C@H](C[C@@H]1CCNC1=O)NC(=O)[C@H](CC1CCCC1)NC(=O)O. The fourth-order valence-corrected chi connectivity index (χ4v) is 4.02. The number of carboxylic acid groups (broad SMARTS) is 1. The molecular weight excluding hydrogens is 380 g/mol. The van der Waals surface area contributed by atoms with Crippen LogP contribution in [-0.4, -0.2) is 59.9 Å². The Bertz CT molecular complexity index is 647. The summed E-state index contributed by atoms with van der Waals surface area (Å²) in [6.07, 6.45) is 3.45. The largest absolute Gasteiger partial charge is 0.465 e. The molecule has 2 fully saturated rings. The lowest BCUT2D eigenvalue weighted by molar-refractivity contribution is -0.140. The normalized spacial score (nSPS) is 21.1. The summed E-state index contributed by atoms with van der Waals surface area (Å²) in [4.78, 5) is 60.4. The van der Waals surface area contributed by atoms with Crippen LogP contribution in [0.15, 0.2) is 0 Å². The number of carbonyl (C=O) groups is 5. The van der Waals surface area contributed by atoms with Crippen molar-refractivity contribution in [1.29, 1.82) is 0 Å². The van der Waals surface area contributed by atoms with Crippen molar-refractivity contribution in [3.05, 3.63) is 0 Å². The second-order valence-corrected chi connectivity index (χ2v) is 7.69. The highest BCUT2D eigenvalue weighted by Crippen LogP contribution is 2.28. The summed E-state index contributed by atoms with van der Waals surface area (Å²) in [5, 5.41) is 18.9. The summed E-state index contributed by atoms with van der Waals surface area (Å²) in [6, 6.07) is -2.21. The lowest BCUT2D eigenvalue weighted by Crippen LogP contribution is -2.54. The molecule has 10 heteroatoms. The van der Waals surface area contributed by atoms with E-state index in [-0.39, 0.29) is 24.8 Å². The van der Waals surface area contributed by atoms with Crippen molar-refractivity contribution >= 4 is 29.6 Å². The van der Waals surface area contributed by atoms with E-state index in [9.17, 15) is 24.0 Å². The molecule has 0 radical (unpaired) electrons. The zero-order valence-corrected chi connectivity index (χ0v) is 16.7. The number of nitrogens with one attached hydrogen (secondary N) is 4. The molecule has 0 bridgehead atoms. The van der Waals surface area contributed by atoms with Gasteiger partial charge in [0.05, 0.1) is 6.04 Å². The summed E-state index contributed by atoms with van der Waals surface area (Å²) < 4.78 is 0. The van der Waals surface area contributed by atoms with Gasteiger partial charge in [-0.2, -0.15) is 0 Å². The third kappa shape index (κ3) is 6.72. The fraction of sp³-hybridized carbons (Fsp3) is 0.737. The van der Waals surface area contributed by atoms with Gasteiger partial charge < -0.3 is 26.4 Å². The molecule has 0 aromatic carbocycles. The zero-order chi connectivity index (χ0) is 21.4. The molecular formula is C19H30N4O6. The number of hydrogen-bond donors (Lipinski definition) is 5. The van der Waals surface area contributed by atoms with Crippen molar-refractivity contribution in [2.24, 2.45) is 11.8 Å². The molecule has 1 aliphatic heterocycles. The quantitative estimate of drug-likeness (QED) is 0.317. The average Bonchev–Trinajstić information content (AvgIpc) is 3.31. The summed E-state index contributed by atoms with van der Waals surface area (Å²) in [5.74, 6) is -2.81. The molecule has 0 unspecified atom stereocenters. The third-order valence-electron chi connectivity index (χ3n) is 5.54. The number of amides is 4. The van der Waals surface area contributed by atoms with Crippen molar-refractivity contribution in [3.8, 4) is 0 Å². The van der Waals surface area contributed by atoms with Gasteiger partial charge in [0.15, 0.2) is 0 Å². The lowest BCUT2D eigenvalue weighted by atomic mass is 9.94. The standard InChI is InChI=1S/C19H30N4O6/c1-2-20-18(27)15(24)13(10-12-7-8-21-16(12)25)22-17(26)14(23-19(28)29)9-11-5-3-4-6-11/h11-14,23H,2-10H2,1H3,(H,20,27)(H,21,25)(H,22,26)(H,28,29)/t12-,13-,14-/m0/s1. The molecule has 2 aliphatic rings. The van der Waals surface area contributed by atoms with Gasteiger partial charge >= 0.3 is 6.09 Å². The van der Waals surface area contributed by atoms with Crippen molar-refractivity contribution < 1.29 is 29.1 Å². The van der Waals surface area contributed by atoms with E-state index in [1.54, 1.807) is 6.92 Å². The molecule has 3 atom stereocenters. The average molecular weight is 410 g/mol. The molecule has 1 saturated carbocycles. The van der Waals surface area contributed by atoms with Crippen LogP contribution in [0.5, 0.6) is 0 Å². The molecule has 0 aromatic rings. The monoisotopic (exact) mass is 410 g/mol. The number of likely N-dealkylation sites (N-methyl/N-ethyl adjacent to an activating group) is 1. The molecule has 0 aromatic heterocycles. The molecule has 1 aliphatic carbocycles. The van der Waals surface area contributed by atoms with Crippen LogP contribution in [-0.2, 0) is 19.2 Å². The van der Waals surface area contributed by atoms with Gasteiger partial charge in [0.2, 0.25) is 17.6 Å². The summed E-state index contributed by atoms with van der Waals surface area (Å²) in [6.45, 7) is 2.39. The first kappa shape index (κ1) is 22.6. The van der Waals surface area contributed by atoms with Gasteiger partial charge in [-0.25, -0.2) is 4.79 Å². The summed E-state index contributed by atoms with van der Waals surface area (Å²) >= 11 is 0. The Morgan fingerprint density at radius 2 is 1.76 bits per heavy atom. The Kier molecular flexibility index (Phi) is 8.41. The Balaban J connectivity index is 2.10. The van der Waals surface area contributed by atoms with Crippen molar-refractivity contribution in [2.45, 2.75) is 64.0 Å². The molecule has 162 valence electrons. The first-order valence-corrected chi connectivity index (χ1v) is 10.2. The summed E-state index contributed by atoms with van der Waals surface area (Å²) in [5.41, 5.74) is 0. The highest BCUT2D eigenvalue weighted by Gasteiger charge is 2.36.